The van der Waals surface area contributed by atoms with Crippen molar-refractivity contribution in [2.45, 2.75) is 32.0 Å². The summed E-state index contributed by atoms with van der Waals surface area (Å²) in [4.78, 5) is 10.5. The predicted molar refractivity (Wildman–Crippen MR) is 66.3 cm³/mol. The lowest BCUT2D eigenvalue weighted by Gasteiger charge is -2.15. The molecule has 19 heavy (non-hydrogen) atoms. The van der Waals surface area contributed by atoms with E-state index in [-0.39, 0.29) is 11.9 Å². The Morgan fingerprint density at radius 1 is 1.32 bits per heavy atom. The van der Waals surface area contributed by atoms with Crippen molar-refractivity contribution >= 4 is 5.91 Å². The minimum Gasteiger partial charge on any atom is -0.370 e. The number of nitrogens with two attached hydrogens (primary N) is 1. The Kier molecular flexibility index (Phi) is 5.35. The van der Waals surface area contributed by atoms with Gasteiger partial charge in [0, 0.05) is 12.5 Å². The zero-order valence-electron chi connectivity index (χ0n) is 10.6. The fourth-order valence-corrected chi connectivity index (χ4v) is 1.66. The molecule has 1 atom stereocenters. The second-order valence-corrected chi connectivity index (χ2v) is 4.37. The van der Waals surface area contributed by atoms with Gasteiger partial charge in [-0.25, -0.2) is 0 Å². The predicted octanol–water partition coefficient (Wildman–Crippen LogP) is 2.62. The molecule has 0 bridgehead atoms. The number of halogens is 3. The molecule has 106 valence electrons. The summed E-state index contributed by atoms with van der Waals surface area (Å²) in [6.45, 7) is 2.44. The molecule has 0 spiro atoms. The maximum atomic E-state index is 12.4. The first-order chi connectivity index (χ1) is 8.80. The Hall–Kier alpha value is -1.56. The van der Waals surface area contributed by atoms with Gasteiger partial charge in [0.25, 0.3) is 0 Å². The summed E-state index contributed by atoms with van der Waals surface area (Å²) in [5.74, 6) is -0.357. The second kappa shape index (κ2) is 6.56. The first-order valence-electron chi connectivity index (χ1n) is 5.99. The fourth-order valence-electron chi connectivity index (χ4n) is 1.66. The van der Waals surface area contributed by atoms with Gasteiger partial charge in [-0.15, -0.1) is 0 Å². The lowest BCUT2D eigenvalue weighted by Crippen LogP contribution is -2.21. The highest BCUT2D eigenvalue weighted by Gasteiger charge is 2.30. The van der Waals surface area contributed by atoms with Gasteiger partial charge in [0.15, 0.2) is 0 Å². The molecule has 1 rings (SSSR count). The van der Waals surface area contributed by atoms with Crippen LogP contribution in [0, 0.1) is 0 Å². The number of nitrogens with one attached hydrogen (secondary N) is 1. The Labute approximate surface area is 110 Å². The highest BCUT2D eigenvalue weighted by molar-refractivity contribution is 5.73. The maximum Gasteiger partial charge on any atom is 0.416 e. The third-order valence-corrected chi connectivity index (χ3v) is 2.79. The third kappa shape index (κ3) is 5.30. The average Bonchev–Trinajstić information content (AvgIpc) is 2.33. The summed E-state index contributed by atoms with van der Waals surface area (Å²) in [6, 6.07) is 4.96. The number of hydrogen-bond donors (Lipinski definition) is 2. The van der Waals surface area contributed by atoms with Crippen LogP contribution in [0.15, 0.2) is 24.3 Å². The fraction of sp³-hybridized carbons (Fsp3) is 0.462. The minimum absolute atomic E-state index is 0.0739. The van der Waals surface area contributed by atoms with Crippen LogP contribution in [0.25, 0.3) is 0 Å². The molecule has 6 heteroatoms. The zero-order valence-corrected chi connectivity index (χ0v) is 10.6. The second-order valence-electron chi connectivity index (χ2n) is 4.37. The third-order valence-electron chi connectivity index (χ3n) is 2.79. The van der Waals surface area contributed by atoms with Crippen LogP contribution in [0.1, 0.15) is 36.9 Å². The molecular formula is C13H17F3N2O. The van der Waals surface area contributed by atoms with Crippen molar-refractivity contribution in [1.29, 1.82) is 0 Å². The van der Waals surface area contributed by atoms with Gasteiger partial charge in [0.05, 0.1) is 5.56 Å². The number of amides is 1. The quantitative estimate of drug-likeness (QED) is 0.783. The van der Waals surface area contributed by atoms with Gasteiger partial charge in [0.2, 0.25) is 5.91 Å². The van der Waals surface area contributed by atoms with E-state index < -0.39 is 11.7 Å². The van der Waals surface area contributed by atoms with E-state index >= 15 is 0 Å². The van der Waals surface area contributed by atoms with Crippen molar-refractivity contribution < 1.29 is 18.0 Å². The summed E-state index contributed by atoms with van der Waals surface area (Å²) in [7, 11) is 0. The van der Waals surface area contributed by atoms with E-state index in [4.69, 9.17) is 5.73 Å². The summed E-state index contributed by atoms with van der Waals surface area (Å²) >= 11 is 0. The van der Waals surface area contributed by atoms with E-state index in [1.54, 1.807) is 0 Å². The molecular weight excluding hydrogens is 257 g/mol. The van der Waals surface area contributed by atoms with E-state index in [0.29, 0.717) is 19.4 Å². The number of carbonyl (C=O) groups excluding carboxylic acids is 1. The van der Waals surface area contributed by atoms with Crippen molar-refractivity contribution in [3.63, 3.8) is 0 Å². The van der Waals surface area contributed by atoms with Crippen LogP contribution in [0.5, 0.6) is 0 Å². The number of rotatable bonds is 6. The van der Waals surface area contributed by atoms with Gasteiger partial charge >= 0.3 is 6.18 Å². The molecule has 0 saturated heterocycles. The molecule has 0 fully saturated rings. The highest BCUT2D eigenvalue weighted by atomic mass is 19.4. The van der Waals surface area contributed by atoms with Crippen molar-refractivity contribution in [2.75, 3.05) is 6.54 Å². The molecule has 0 saturated carbocycles. The summed E-state index contributed by atoms with van der Waals surface area (Å²) < 4.78 is 37.2. The Morgan fingerprint density at radius 3 is 2.37 bits per heavy atom. The molecule has 3 nitrogen and oxygen atoms in total. The smallest absolute Gasteiger partial charge is 0.370 e. The van der Waals surface area contributed by atoms with E-state index in [1.807, 2.05) is 6.92 Å². The maximum absolute atomic E-state index is 12.4. The number of primary amides is 1. The molecule has 0 heterocycles. The first kappa shape index (κ1) is 15.5. The van der Waals surface area contributed by atoms with Gasteiger partial charge in [-0.1, -0.05) is 12.1 Å². The van der Waals surface area contributed by atoms with E-state index in [0.717, 1.165) is 17.7 Å². The van der Waals surface area contributed by atoms with Crippen molar-refractivity contribution in [2.24, 2.45) is 5.73 Å². The molecule has 0 aromatic heterocycles. The SMILES string of the molecule is CC(NCCCC(N)=O)c1ccc(C(F)(F)F)cc1. The normalized spacial score (nSPS) is 13.3. The van der Waals surface area contributed by atoms with Gasteiger partial charge in [-0.2, -0.15) is 13.2 Å². The summed E-state index contributed by atoms with van der Waals surface area (Å²) in [6.07, 6.45) is -3.40. The zero-order chi connectivity index (χ0) is 14.5. The number of benzene rings is 1. The van der Waals surface area contributed by atoms with Gasteiger partial charge in [-0.05, 0) is 37.6 Å². The number of hydrogen-bond acceptors (Lipinski definition) is 2. The Balaban J connectivity index is 2.49. The first-order valence-corrected chi connectivity index (χ1v) is 5.99. The molecule has 1 aromatic rings. The number of carbonyl (C=O) groups is 1. The van der Waals surface area contributed by atoms with E-state index in [9.17, 15) is 18.0 Å². The molecule has 3 N–H and O–H groups in total. The van der Waals surface area contributed by atoms with Crippen LogP contribution in [0.3, 0.4) is 0 Å². The van der Waals surface area contributed by atoms with Gasteiger partial charge in [0.1, 0.15) is 0 Å². The molecule has 0 radical (unpaired) electrons. The average molecular weight is 274 g/mol. The van der Waals surface area contributed by atoms with E-state index in [2.05, 4.69) is 5.32 Å². The highest BCUT2D eigenvalue weighted by Crippen LogP contribution is 2.29. The Bertz CT molecular complexity index is 415. The Morgan fingerprint density at radius 2 is 1.89 bits per heavy atom. The van der Waals surface area contributed by atoms with Crippen molar-refractivity contribution in [1.82, 2.24) is 5.32 Å². The molecule has 0 aliphatic heterocycles. The van der Waals surface area contributed by atoms with Crippen LogP contribution < -0.4 is 11.1 Å². The van der Waals surface area contributed by atoms with Crippen LogP contribution in [-0.4, -0.2) is 12.5 Å². The summed E-state index contributed by atoms with van der Waals surface area (Å²) in [5.41, 5.74) is 5.12. The van der Waals surface area contributed by atoms with Crippen LogP contribution in [-0.2, 0) is 11.0 Å². The molecule has 1 aromatic carbocycles. The monoisotopic (exact) mass is 274 g/mol. The van der Waals surface area contributed by atoms with Crippen molar-refractivity contribution in [3.05, 3.63) is 35.4 Å². The molecule has 0 aliphatic rings. The molecule has 1 unspecified atom stereocenters. The van der Waals surface area contributed by atoms with Gasteiger partial charge < -0.3 is 11.1 Å². The van der Waals surface area contributed by atoms with Gasteiger partial charge in [-0.3, -0.25) is 4.79 Å². The lowest BCUT2D eigenvalue weighted by molar-refractivity contribution is -0.137. The van der Waals surface area contributed by atoms with Crippen molar-refractivity contribution in [3.8, 4) is 0 Å². The van der Waals surface area contributed by atoms with Crippen LogP contribution >= 0.6 is 0 Å². The summed E-state index contributed by atoms with van der Waals surface area (Å²) in [5, 5.41) is 3.12. The topological polar surface area (TPSA) is 55.1 Å². The lowest BCUT2D eigenvalue weighted by atomic mass is 10.1. The largest absolute Gasteiger partial charge is 0.416 e. The molecule has 0 aliphatic carbocycles. The van der Waals surface area contributed by atoms with Crippen LogP contribution in [0.4, 0.5) is 13.2 Å². The standard InChI is InChI=1S/C13H17F3N2O/c1-9(18-8-2-3-12(17)19)10-4-6-11(7-5-10)13(14,15)16/h4-7,9,18H,2-3,8H2,1H3,(H2,17,19). The van der Waals surface area contributed by atoms with E-state index in [1.165, 1.54) is 12.1 Å². The minimum atomic E-state index is -4.31. The molecule has 1 amide bonds. The van der Waals surface area contributed by atoms with Crippen LogP contribution in [0.2, 0.25) is 0 Å². The number of alkyl halides is 3.